The van der Waals surface area contributed by atoms with Gasteiger partial charge in [-0.2, -0.15) is 0 Å². The molecule has 1 aromatic rings. The molecule has 0 fully saturated rings. The number of hydrogen-bond acceptors (Lipinski definition) is 2. The topological polar surface area (TPSA) is 29.5 Å². The maximum Gasteiger partial charge on any atom is 0.260 e. The van der Waals surface area contributed by atoms with E-state index in [1.807, 2.05) is 13.8 Å². The first-order valence-electron chi connectivity index (χ1n) is 5.94. The molecule has 0 aliphatic rings. The zero-order valence-corrected chi connectivity index (χ0v) is 12.6. The molecule has 104 valence electrons. The van der Waals surface area contributed by atoms with Crippen molar-refractivity contribution in [1.29, 1.82) is 0 Å². The van der Waals surface area contributed by atoms with Crippen molar-refractivity contribution in [2.75, 3.05) is 19.7 Å². The molecule has 3 nitrogen and oxygen atoms in total. The Bertz CT molecular complexity index is 454. The summed E-state index contributed by atoms with van der Waals surface area (Å²) in [5, 5.41) is 0.784. The summed E-state index contributed by atoms with van der Waals surface area (Å²) in [4.78, 5) is 13.6. The lowest BCUT2D eigenvalue weighted by molar-refractivity contribution is -0.132. The Morgan fingerprint density at radius 3 is 2.42 bits per heavy atom. The minimum atomic E-state index is -0.124. The highest BCUT2D eigenvalue weighted by Crippen LogP contribution is 2.32. The molecule has 0 unspecified atom stereocenters. The molecule has 0 saturated carbocycles. The van der Waals surface area contributed by atoms with Gasteiger partial charge in [-0.15, -0.1) is 0 Å². The first-order chi connectivity index (χ1) is 8.95. The van der Waals surface area contributed by atoms with Gasteiger partial charge in [-0.1, -0.05) is 41.4 Å². The molecule has 0 saturated heterocycles. The molecular formula is C14H17Cl2NO2. The maximum atomic E-state index is 12.0. The molecule has 0 aromatic heterocycles. The first kappa shape index (κ1) is 15.9. The first-order valence-corrected chi connectivity index (χ1v) is 6.70. The van der Waals surface area contributed by atoms with E-state index < -0.39 is 0 Å². The summed E-state index contributed by atoms with van der Waals surface area (Å²) >= 11 is 11.9. The second kappa shape index (κ2) is 7.41. The van der Waals surface area contributed by atoms with Gasteiger partial charge in [-0.05, 0) is 26.0 Å². The van der Waals surface area contributed by atoms with Gasteiger partial charge in [0.05, 0.1) is 10.0 Å². The van der Waals surface area contributed by atoms with Crippen LogP contribution in [0.5, 0.6) is 5.75 Å². The van der Waals surface area contributed by atoms with Crippen LogP contribution in [0.4, 0.5) is 0 Å². The van der Waals surface area contributed by atoms with E-state index in [-0.39, 0.29) is 12.5 Å². The molecule has 19 heavy (non-hydrogen) atoms. The minimum absolute atomic E-state index is 0.0927. The quantitative estimate of drug-likeness (QED) is 0.748. The highest BCUT2D eigenvalue weighted by molar-refractivity contribution is 6.37. The average Bonchev–Trinajstić information content (AvgIpc) is 2.34. The van der Waals surface area contributed by atoms with Crippen LogP contribution in [0.25, 0.3) is 0 Å². The SMILES string of the molecule is C=C(C)CN(CC)C(=O)COc1c(Cl)cccc1Cl. The molecule has 0 spiro atoms. The minimum Gasteiger partial charge on any atom is -0.481 e. The predicted octanol–water partition coefficient (Wildman–Crippen LogP) is 3.80. The van der Waals surface area contributed by atoms with Crippen molar-refractivity contribution < 1.29 is 9.53 Å². The summed E-state index contributed by atoms with van der Waals surface area (Å²) in [6.07, 6.45) is 0. The van der Waals surface area contributed by atoms with Crippen LogP contribution in [0.1, 0.15) is 13.8 Å². The summed E-state index contributed by atoms with van der Waals surface area (Å²) in [6, 6.07) is 5.05. The summed E-state index contributed by atoms with van der Waals surface area (Å²) in [5.74, 6) is 0.215. The number of carbonyl (C=O) groups is 1. The van der Waals surface area contributed by atoms with E-state index in [4.69, 9.17) is 27.9 Å². The molecule has 0 bridgehead atoms. The van der Waals surface area contributed by atoms with Crippen molar-refractivity contribution in [2.45, 2.75) is 13.8 Å². The lowest BCUT2D eigenvalue weighted by Crippen LogP contribution is -2.35. The van der Waals surface area contributed by atoms with Gasteiger partial charge < -0.3 is 9.64 Å². The van der Waals surface area contributed by atoms with Crippen LogP contribution in [0.15, 0.2) is 30.4 Å². The largest absolute Gasteiger partial charge is 0.481 e. The number of nitrogens with zero attached hydrogens (tertiary/aromatic N) is 1. The Labute approximate surface area is 123 Å². The Balaban J connectivity index is 2.65. The fraction of sp³-hybridized carbons (Fsp3) is 0.357. The number of carbonyl (C=O) groups excluding carboxylic acids is 1. The Kier molecular flexibility index (Phi) is 6.19. The number of benzene rings is 1. The molecule has 1 amide bonds. The lowest BCUT2D eigenvalue weighted by atomic mass is 10.3. The fourth-order valence-electron chi connectivity index (χ4n) is 1.55. The Hall–Kier alpha value is -1.19. The average molecular weight is 302 g/mol. The third-order valence-electron chi connectivity index (χ3n) is 2.45. The van der Waals surface area contributed by atoms with Gasteiger partial charge in [-0.25, -0.2) is 0 Å². The van der Waals surface area contributed by atoms with Gasteiger partial charge in [0.1, 0.15) is 0 Å². The number of hydrogen-bond donors (Lipinski definition) is 0. The van der Waals surface area contributed by atoms with E-state index in [0.717, 1.165) is 5.57 Å². The van der Waals surface area contributed by atoms with E-state index in [0.29, 0.717) is 28.9 Å². The molecular weight excluding hydrogens is 285 g/mol. The van der Waals surface area contributed by atoms with E-state index >= 15 is 0 Å². The summed E-state index contributed by atoms with van der Waals surface area (Å²) in [7, 11) is 0. The smallest absolute Gasteiger partial charge is 0.260 e. The molecule has 0 radical (unpaired) electrons. The zero-order valence-electron chi connectivity index (χ0n) is 11.1. The van der Waals surface area contributed by atoms with E-state index in [9.17, 15) is 4.79 Å². The zero-order chi connectivity index (χ0) is 14.4. The third kappa shape index (κ3) is 4.77. The monoisotopic (exact) mass is 301 g/mol. The number of halogens is 2. The van der Waals surface area contributed by atoms with Crippen molar-refractivity contribution >= 4 is 29.1 Å². The van der Waals surface area contributed by atoms with Crippen molar-refractivity contribution in [3.05, 3.63) is 40.4 Å². The molecule has 0 heterocycles. The molecule has 0 aliphatic heterocycles. The van der Waals surface area contributed by atoms with Crippen LogP contribution in [-0.2, 0) is 4.79 Å². The second-order valence-corrected chi connectivity index (χ2v) is 5.02. The predicted molar refractivity (Wildman–Crippen MR) is 79.0 cm³/mol. The highest BCUT2D eigenvalue weighted by Gasteiger charge is 2.14. The van der Waals surface area contributed by atoms with Gasteiger partial charge in [0.25, 0.3) is 5.91 Å². The van der Waals surface area contributed by atoms with Crippen LogP contribution in [-0.4, -0.2) is 30.5 Å². The molecule has 5 heteroatoms. The van der Waals surface area contributed by atoms with E-state index in [1.54, 1.807) is 23.1 Å². The lowest BCUT2D eigenvalue weighted by Gasteiger charge is -2.21. The third-order valence-corrected chi connectivity index (χ3v) is 3.05. The molecule has 0 atom stereocenters. The molecule has 0 aliphatic carbocycles. The number of amides is 1. The van der Waals surface area contributed by atoms with Crippen molar-refractivity contribution in [2.24, 2.45) is 0 Å². The fourth-order valence-corrected chi connectivity index (χ4v) is 2.05. The Morgan fingerprint density at radius 1 is 1.37 bits per heavy atom. The van der Waals surface area contributed by atoms with Gasteiger partial charge in [0.15, 0.2) is 12.4 Å². The Morgan fingerprint density at radius 2 is 1.95 bits per heavy atom. The van der Waals surface area contributed by atoms with Crippen molar-refractivity contribution in [1.82, 2.24) is 4.90 Å². The molecule has 0 N–H and O–H groups in total. The molecule has 1 rings (SSSR count). The van der Waals surface area contributed by atoms with Crippen LogP contribution in [0.3, 0.4) is 0 Å². The summed E-state index contributed by atoms with van der Waals surface area (Å²) in [5.41, 5.74) is 0.922. The van der Waals surface area contributed by atoms with E-state index in [1.165, 1.54) is 0 Å². The van der Waals surface area contributed by atoms with Gasteiger partial charge in [-0.3, -0.25) is 4.79 Å². The van der Waals surface area contributed by atoms with Gasteiger partial charge in [0, 0.05) is 13.1 Å². The van der Waals surface area contributed by atoms with Crippen LogP contribution < -0.4 is 4.74 Å². The standard InChI is InChI=1S/C14H17Cl2NO2/c1-4-17(8-10(2)3)13(18)9-19-14-11(15)6-5-7-12(14)16/h5-7H,2,4,8-9H2,1,3H3. The number of para-hydroxylation sites is 1. The van der Waals surface area contributed by atoms with E-state index in [2.05, 4.69) is 6.58 Å². The highest BCUT2D eigenvalue weighted by atomic mass is 35.5. The number of ether oxygens (including phenoxy) is 1. The maximum absolute atomic E-state index is 12.0. The summed E-state index contributed by atoms with van der Waals surface area (Å²) in [6.45, 7) is 8.61. The van der Waals surface area contributed by atoms with Crippen molar-refractivity contribution in [3.63, 3.8) is 0 Å². The summed E-state index contributed by atoms with van der Waals surface area (Å²) < 4.78 is 5.41. The van der Waals surface area contributed by atoms with Gasteiger partial charge in [0.2, 0.25) is 0 Å². The van der Waals surface area contributed by atoms with Crippen LogP contribution in [0.2, 0.25) is 10.0 Å². The second-order valence-electron chi connectivity index (χ2n) is 4.20. The normalized spacial score (nSPS) is 10.1. The van der Waals surface area contributed by atoms with Crippen LogP contribution >= 0.6 is 23.2 Å². The molecule has 1 aromatic carbocycles. The van der Waals surface area contributed by atoms with Crippen molar-refractivity contribution in [3.8, 4) is 5.75 Å². The van der Waals surface area contributed by atoms with Gasteiger partial charge >= 0.3 is 0 Å². The van der Waals surface area contributed by atoms with Crippen LogP contribution in [0, 0.1) is 0 Å². The number of rotatable bonds is 6. The number of likely N-dealkylation sites (N-methyl/N-ethyl adjacent to an activating group) is 1.